The molecule has 0 unspecified atom stereocenters. The van der Waals surface area contributed by atoms with Crippen LogP contribution in [-0.2, 0) is 9.84 Å². The number of sulfone groups is 1. The fourth-order valence-corrected chi connectivity index (χ4v) is 4.94. The number of halogens is 1. The van der Waals surface area contributed by atoms with E-state index in [2.05, 4.69) is 26.6 Å². The van der Waals surface area contributed by atoms with Crippen LogP contribution in [0.4, 0.5) is 5.69 Å². The minimum atomic E-state index is -3.08. The molecule has 2 amide bonds. The molecule has 1 saturated heterocycles. The van der Waals surface area contributed by atoms with Gasteiger partial charge in [-0.15, -0.1) is 0 Å². The van der Waals surface area contributed by atoms with Crippen molar-refractivity contribution in [1.29, 1.82) is 0 Å². The molecule has 0 spiro atoms. The van der Waals surface area contributed by atoms with Crippen LogP contribution in [0.3, 0.4) is 0 Å². The number of rotatable bonds is 4. The Balaban J connectivity index is 1.77. The van der Waals surface area contributed by atoms with Crippen LogP contribution in [0, 0.1) is 0 Å². The highest BCUT2D eigenvalue weighted by Crippen LogP contribution is 2.21. The molecular weight excluding hydrogens is 420 g/mol. The van der Waals surface area contributed by atoms with Crippen LogP contribution in [0.1, 0.15) is 27.1 Å². The summed E-state index contributed by atoms with van der Waals surface area (Å²) in [6.45, 7) is 0. The number of benzene rings is 2. The van der Waals surface area contributed by atoms with Gasteiger partial charge in [-0.05, 0) is 46.6 Å². The van der Waals surface area contributed by atoms with Gasteiger partial charge >= 0.3 is 0 Å². The number of hydrogen-bond donors (Lipinski definition) is 2. The highest BCUT2D eigenvalue weighted by molar-refractivity contribution is 9.10. The Labute approximate surface area is 160 Å². The van der Waals surface area contributed by atoms with Gasteiger partial charge in [0.1, 0.15) is 0 Å². The van der Waals surface area contributed by atoms with Crippen molar-refractivity contribution in [2.24, 2.45) is 0 Å². The molecule has 3 rings (SSSR count). The second-order valence-corrected chi connectivity index (χ2v) is 9.14. The normalized spacial score (nSPS) is 18.3. The predicted molar refractivity (Wildman–Crippen MR) is 103 cm³/mol. The summed E-state index contributed by atoms with van der Waals surface area (Å²) in [5, 5.41) is 5.48. The lowest BCUT2D eigenvalue weighted by Gasteiger charge is -2.14. The monoisotopic (exact) mass is 436 g/mol. The van der Waals surface area contributed by atoms with Gasteiger partial charge in [0.15, 0.2) is 9.84 Å². The lowest BCUT2D eigenvalue weighted by atomic mass is 10.1. The Morgan fingerprint density at radius 1 is 0.962 bits per heavy atom. The summed E-state index contributed by atoms with van der Waals surface area (Å²) in [6, 6.07) is 13.2. The number of amides is 2. The van der Waals surface area contributed by atoms with E-state index in [4.69, 9.17) is 0 Å². The smallest absolute Gasteiger partial charge is 0.256 e. The van der Waals surface area contributed by atoms with Crippen LogP contribution in [0.5, 0.6) is 0 Å². The maximum atomic E-state index is 12.6. The van der Waals surface area contributed by atoms with Gasteiger partial charge in [0.2, 0.25) is 0 Å². The van der Waals surface area contributed by atoms with E-state index in [1.807, 2.05) is 0 Å². The maximum absolute atomic E-state index is 12.6. The molecule has 0 bridgehead atoms. The zero-order valence-corrected chi connectivity index (χ0v) is 16.1. The first-order valence-electron chi connectivity index (χ1n) is 8.02. The van der Waals surface area contributed by atoms with E-state index in [1.54, 1.807) is 48.5 Å². The van der Waals surface area contributed by atoms with Crippen molar-refractivity contribution in [2.45, 2.75) is 12.5 Å². The second kappa shape index (κ2) is 7.59. The summed E-state index contributed by atoms with van der Waals surface area (Å²) in [5.41, 5.74) is 1.11. The third-order valence-corrected chi connectivity index (χ3v) is 6.57. The average molecular weight is 437 g/mol. The zero-order chi connectivity index (χ0) is 18.7. The molecule has 0 aliphatic carbocycles. The van der Waals surface area contributed by atoms with Crippen molar-refractivity contribution in [3.8, 4) is 0 Å². The molecule has 0 saturated carbocycles. The molecule has 2 N–H and O–H groups in total. The summed E-state index contributed by atoms with van der Waals surface area (Å²) in [7, 11) is -3.08. The van der Waals surface area contributed by atoms with Crippen molar-refractivity contribution in [3.63, 3.8) is 0 Å². The molecule has 8 heteroatoms. The predicted octanol–water partition coefficient (Wildman–Crippen LogP) is 2.62. The van der Waals surface area contributed by atoms with E-state index in [-0.39, 0.29) is 23.0 Å². The average Bonchev–Trinajstić information content (AvgIpc) is 2.94. The van der Waals surface area contributed by atoms with E-state index >= 15 is 0 Å². The molecule has 1 fully saturated rings. The molecule has 26 heavy (non-hydrogen) atoms. The van der Waals surface area contributed by atoms with Crippen LogP contribution in [0.2, 0.25) is 0 Å². The summed E-state index contributed by atoms with van der Waals surface area (Å²) >= 11 is 3.33. The van der Waals surface area contributed by atoms with Gasteiger partial charge < -0.3 is 10.6 Å². The van der Waals surface area contributed by atoms with Crippen LogP contribution in [0.25, 0.3) is 0 Å². The number of para-hydroxylation sites is 1. The molecule has 0 aromatic heterocycles. The minimum Gasteiger partial charge on any atom is -0.348 e. The molecule has 1 atom stereocenters. The number of carbonyl (C=O) groups is 2. The largest absolute Gasteiger partial charge is 0.348 e. The third kappa shape index (κ3) is 4.31. The minimum absolute atomic E-state index is 0.0514. The van der Waals surface area contributed by atoms with Gasteiger partial charge in [-0.1, -0.05) is 24.3 Å². The highest BCUT2D eigenvalue weighted by atomic mass is 79.9. The van der Waals surface area contributed by atoms with Crippen LogP contribution < -0.4 is 10.6 Å². The van der Waals surface area contributed by atoms with Crippen molar-refractivity contribution in [2.75, 3.05) is 16.8 Å². The second-order valence-electron chi connectivity index (χ2n) is 6.05. The molecular formula is C18H17BrN2O4S. The number of anilines is 1. The quantitative estimate of drug-likeness (QED) is 0.770. The number of nitrogens with one attached hydrogen (secondary N) is 2. The summed E-state index contributed by atoms with van der Waals surface area (Å²) in [5.74, 6) is -0.723. The standard InChI is InChI=1S/C18H17BrN2O4S/c19-15-7-3-1-5-13(15)17(22)21-16-8-4-2-6-14(16)18(23)20-12-9-10-26(24,25)11-12/h1-8,12H,9-11H2,(H,20,23)(H,21,22)/t12-/m1/s1. The first kappa shape index (κ1) is 18.6. The number of hydrogen-bond acceptors (Lipinski definition) is 4. The Hall–Kier alpha value is -2.19. The van der Waals surface area contributed by atoms with Crippen molar-refractivity contribution in [3.05, 3.63) is 64.1 Å². The molecule has 136 valence electrons. The van der Waals surface area contributed by atoms with Gasteiger partial charge in [-0.3, -0.25) is 9.59 Å². The maximum Gasteiger partial charge on any atom is 0.256 e. The van der Waals surface area contributed by atoms with Crippen LogP contribution in [0.15, 0.2) is 53.0 Å². The molecule has 2 aromatic carbocycles. The summed E-state index contributed by atoms with van der Waals surface area (Å²) < 4.78 is 23.7. The third-order valence-electron chi connectivity index (χ3n) is 4.11. The Morgan fingerprint density at radius 2 is 1.62 bits per heavy atom. The molecule has 1 aliphatic rings. The van der Waals surface area contributed by atoms with Crippen LogP contribution in [-0.4, -0.2) is 37.8 Å². The Kier molecular flexibility index (Phi) is 5.43. The van der Waals surface area contributed by atoms with Gasteiger partial charge in [0.25, 0.3) is 11.8 Å². The lowest BCUT2D eigenvalue weighted by Crippen LogP contribution is -2.36. The van der Waals surface area contributed by atoms with Gasteiger partial charge in [-0.2, -0.15) is 0 Å². The summed E-state index contributed by atoms with van der Waals surface area (Å²) in [6.07, 6.45) is 0.402. The molecule has 2 aromatic rings. The van der Waals surface area contributed by atoms with Crippen molar-refractivity contribution in [1.82, 2.24) is 5.32 Å². The molecule has 1 aliphatic heterocycles. The van der Waals surface area contributed by atoms with E-state index in [0.29, 0.717) is 22.1 Å². The van der Waals surface area contributed by atoms with E-state index in [1.165, 1.54) is 0 Å². The summed E-state index contributed by atoms with van der Waals surface area (Å²) in [4.78, 5) is 25.0. The molecule has 0 radical (unpaired) electrons. The lowest BCUT2D eigenvalue weighted by molar-refractivity contribution is 0.0942. The van der Waals surface area contributed by atoms with E-state index in [0.717, 1.165) is 0 Å². The topological polar surface area (TPSA) is 92.3 Å². The van der Waals surface area contributed by atoms with Gasteiger partial charge in [-0.25, -0.2) is 8.42 Å². The highest BCUT2D eigenvalue weighted by Gasteiger charge is 2.29. The van der Waals surface area contributed by atoms with Crippen molar-refractivity contribution >= 4 is 43.3 Å². The van der Waals surface area contributed by atoms with Crippen LogP contribution >= 0.6 is 15.9 Å². The fraction of sp³-hybridized carbons (Fsp3) is 0.222. The number of carbonyl (C=O) groups excluding carboxylic acids is 2. The Morgan fingerprint density at radius 3 is 2.27 bits per heavy atom. The zero-order valence-electron chi connectivity index (χ0n) is 13.7. The first-order chi connectivity index (χ1) is 12.4. The van der Waals surface area contributed by atoms with Gasteiger partial charge in [0.05, 0.1) is 28.3 Å². The van der Waals surface area contributed by atoms with Gasteiger partial charge in [0, 0.05) is 10.5 Å². The first-order valence-corrected chi connectivity index (χ1v) is 10.6. The van der Waals surface area contributed by atoms with E-state index in [9.17, 15) is 18.0 Å². The molecule has 6 nitrogen and oxygen atoms in total. The molecule has 1 heterocycles. The van der Waals surface area contributed by atoms with Crippen molar-refractivity contribution < 1.29 is 18.0 Å². The fourth-order valence-electron chi connectivity index (χ4n) is 2.80. The SMILES string of the molecule is O=C(Nc1ccccc1C(=O)N[C@@H]1CCS(=O)(=O)C1)c1ccccc1Br. The Bertz CT molecular complexity index is 959. The van der Waals surface area contributed by atoms with E-state index < -0.39 is 21.8 Å².